The second-order valence-corrected chi connectivity index (χ2v) is 17.7. The Balaban J connectivity index is 1.34. The van der Waals surface area contributed by atoms with Gasteiger partial charge in [-0.05, 0) is 77.0 Å². The molecule has 0 aromatic heterocycles. The van der Waals surface area contributed by atoms with E-state index < -0.39 is 20.0 Å². The van der Waals surface area contributed by atoms with Gasteiger partial charge in [-0.15, -0.1) is 0 Å². The number of fused-ring (bicyclic) bond motifs is 3. The Labute approximate surface area is 261 Å². The summed E-state index contributed by atoms with van der Waals surface area (Å²) in [6.07, 6.45) is -0.00309. The van der Waals surface area contributed by atoms with Crippen LogP contribution in [0.5, 0.6) is 0 Å². The Morgan fingerprint density at radius 1 is 1.07 bits per heavy atom. The highest BCUT2D eigenvalue weighted by Gasteiger charge is 2.66. The monoisotopic (exact) mass is 696 g/mol. The fraction of sp³-hybridized carbons (Fsp3) is 0.394. The Hall–Kier alpha value is -2.57. The van der Waals surface area contributed by atoms with Crippen LogP contribution in [0.25, 0.3) is 0 Å². The lowest BCUT2D eigenvalue weighted by molar-refractivity contribution is -0.151. The highest BCUT2D eigenvalue weighted by Crippen LogP contribution is 2.59. The van der Waals surface area contributed by atoms with Gasteiger partial charge >= 0.3 is 0 Å². The summed E-state index contributed by atoms with van der Waals surface area (Å²) in [5.74, 6) is -0.615. The maximum atomic E-state index is 14.5. The minimum absolute atomic E-state index is 0.0404. The molecule has 3 aliphatic rings. The molecule has 3 aromatic rings. The highest BCUT2D eigenvalue weighted by atomic mass is 127. The Bertz CT molecular complexity index is 1530. The predicted molar refractivity (Wildman–Crippen MR) is 172 cm³/mol. The predicted octanol–water partition coefficient (Wildman–Crippen LogP) is 4.97. The largest absolute Gasteiger partial charge is 0.432 e. The van der Waals surface area contributed by atoms with Gasteiger partial charge in [0.2, 0.25) is 5.91 Å². The molecule has 1 spiro atoms. The topological polar surface area (TPSA) is 90.3 Å². The van der Waals surface area contributed by atoms with Crippen LogP contribution in [-0.2, 0) is 39.4 Å². The van der Waals surface area contributed by atoms with Gasteiger partial charge in [0.05, 0.1) is 37.4 Å². The third kappa shape index (κ3) is 4.92. The van der Waals surface area contributed by atoms with Crippen LogP contribution in [-0.4, -0.2) is 53.7 Å². The molecule has 9 heteroatoms. The molecule has 3 aromatic carbocycles. The van der Waals surface area contributed by atoms with Crippen LogP contribution < -0.4 is 4.90 Å². The van der Waals surface area contributed by atoms with E-state index in [1.54, 1.807) is 9.80 Å². The lowest BCUT2D eigenvalue weighted by Crippen LogP contribution is -2.48. The van der Waals surface area contributed by atoms with Gasteiger partial charge < -0.3 is 24.4 Å². The molecule has 220 valence electrons. The van der Waals surface area contributed by atoms with E-state index in [0.29, 0.717) is 19.5 Å². The molecule has 42 heavy (non-hydrogen) atoms. The number of para-hydroxylation sites is 1. The summed E-state index contributed by atoms with van der Waals surface area (Å²) in [6.45, 7) is 6.44. The third-order valence-electron chi connectivity index (χ3n) is 9.38. The van der Waals surface area contributed by atoms with Crippen molar-refractivity contribution in [3.05, 3.63) is 98.6 Å². The molecule has 0 bridgehead atoms. The second kappa shape index (κ2) is 11.2. The first-order chi connectivity index (χ1) is 20.0. The van der Waals surface area contributed by atoms with Crippen molar-refractivity contribution in [2.75, 3.05) is 11.5 Å². The molecule has 3 aliphatic heterocycles. The maximum absolute atomic E-state index is 14.5. The number of amides is 2. The summed E-state index contributed by atoms with van der Waals surface area (Å²) in [5.41, 5.74) is 3.22. The molecular weight excluding hydrogens is 659 g/mol. The van der Waals surface area contributed by atoms with Gasteiger partial charge in [-0.25, -0.2) is 0 Å². The van der Waals surface area contributed by atoms with E-state index in [1.807, 2.05) is 86.7 Å². The van der Waals surface area contributed by atoms with Crippen molar-refractivity contribution < 1.29 is 24.2 Å². The minimum atomic E-state index is -2.91. The first-order valence-electron chi connectivity index (χ1n) is 14.6. The van der Waals surface area contributed by atoms with E-state index in [4.69, 9.17) is 4.74 Å². The molecule has 2 N–H and O–H groups in total. The van der Waals surface area contributed by atoms with E-state index in [-0.39, 0.29) is 42.3 Å². The summed E-state index contributed by atoms with van der Waals surface area (Å²) in [4.78, 5) is 43.6. The smallest absolute Gasteiger partial charge is 0.264 e. The fourth-order valence-corrected chi connectivity index (χ4v) is 10.7. The van der Waals surface area contributed by atoms with E-state index >= 15 is 0 Å². The third-order valence-corrected chi connectivity index (χ3v) is 12.6. The van der Waals surface area contributed by atoms with E-state index in [9.17, 15) is 19.5 Å². The van der Waals surface area contributed by atoms with Gasteiger partial charge in [0.25, 0.3) is 5.91 Å². The number of ether oxygens (including phenoxy) is 1. The van der Waals surface area contributed by atoms with E-state index in [0.717, 1.165) is 31.5 Å². The van der Waals surface area contributed by atoms with Gasteiger partial charge in [0.15, 0.2) is 13.9 Å². The number of nitrogens with zero attached hydrogens (tertiary/aromatic N) is 2. The lowest BCUT2D eigenvalue weighted by Gasteiger charge is -2.37. The molecule has 0 radical (unpaired) electrons. The van der Waals surface area contributed by atoms with Crippen molar-refractivity contribution in [3.63, 3.8) is 0 Å². The number of carbonyl (C=O) groups excluding carboxylic acids is 2. The molecule has 3 heterocycles. The van der Waals surface area contributed by atoms with Gasteiger partial charge in [-0.1, -0.05) is 61.5 Å². The Kier molecular flexibility index (Phi) is 7.84. The number of aliphatic hydroxyl groups is 1. The van der Waals surface area contributed by atoms with E-state index in [1.165, 1.54) is 0 Å². The minimum Gasteiger partial charge on any atom is -0.432 e. The molecule has 1 saturated heterocycles. The Morgan fingerprint density at radius 3 is 2.50 bits per heavy atom. The molecule has 0 saturated carbocycles. The van der Waals surface area contributed by atoms with Crippen LogP contribution in [0.3, 0.4) is 0 Å². The zero-order chi connectivity index (χ0) is 29.8. The molecule has 7 nitrogen and oxygen atoms in total. The first kappa shape index (κ1) is 29.5. The number of anilines is 1. The average molecular weight is 697 g/mol. The van der Waals surface area contributed by atoms with Crippen LogP contribution in [0.15, 0.2) is 72.8 Å². The van der Waals surface area contributed by atoms with Crippen LogP contribution in [0.2, 0.25) is 18.6 Å². The van der Waals surface area contributed by atoms with Crippen molar-refractivity contribution >= 4 is 48.4 Å². The second-order valence-electron chi connectivity index (χ2n) is 12.4. The zero-order valence-electron chi connectivity index (χ0n) is 24.2. The normalized spacial score (nSPS) is 27.0. The summed E-state index contributed by atoms with van der Waals surface area (Å²) in [7, 11) is -2.91. The summed E-state index contributed by atoms with van der Waals surface area (Å²) in [5, 5.41) is 10.2. The molecule has 6 rings (SSSR count). The SMILES string of the molecule is C[C@@H]1[C@@H]([Si](C)(C)O)[C@H](CC(=O)N2Cc3ccccc3C[C@H]2CO)O[C@@]12C(=O)N(Cc1cccc(I)c1)c1ccccc12. The van der Waals surface area contributed by atoms with Crippen LogP contribution in [0, 0.1) is 9.49 Å². The fourth-order valence-electron chi connectivity index (χ4n) is 7.54. The maximum Gasteiger partial charge on any atom is 0.264 e. The Morgan fingerprint density at radius 2 is 1.79 bits per heavy atom. The summed E-state index contributed by atoms with van der Waals surface area (Å²) < 4.78 is 7.96. The van der Waals surface area contributed by atoms with Crippen LogP contribution >= 0.6 is 22.6 Å². The van der Waals surface area contributed by atoms with Crippen molar-refractivity contribution in [1.82, 2.24) is 4.90 Å². The quantitative estimate of drug-likeness (QED) is 0.281. The lowest BCUT2D eigenvalue weighted by atomic mass is 9.82. The van der Waals surface area contributed by atoms with Crippen molar-refractivity contribution in [3.8, 4) is 0 Å². The molecule has 0 aliphatic carbocycles. The molecule has 5 atom stereocenters. The molecular formula is C33H37IN2O5Si. The molecule has 2 amide bonds. The zero-order valence-corrected chi connectivity index (χ0v) is 27.3. The van der Waals surface area contributed by atoms with E-state index in [2.05, 4.69) is 28.7 Å². The van der Waals surface area contributed by atoms with Gasteiger partial charge in [0.1, 0.15) is 0 Å². The summed E-state index contributed by atoms with van der Waals surface area (Å²) >= 11 is 2.28. The number of hydrogen-bond acceptors (Lipinski definition) is 5. The number of halogens is 1. The van der Waals surface area contributed by atoms with Crippen molar-refractivity contribution in [2.24, 2.45) is 5.92 Å². The number of rotatable bonds is 6. The first-order valence-corrected chi connectivity index (χ1v) is 18.7. The van der Waals surface area contributed by atoms with Gasteiger partial charge in [0, 0.05) is 27.1 Å². The number of hydrogen-bond donors (Lipinski definition) is 2. The van der Waals surface area contributed by atoms with Crippen molar-refractivity contribution in [1.29, 1.82) is 0 Å². The number of benzene rings is 3. The standard InChI is InChI=1S/C33H37IN2O5Si/c1-21-31(42(2,3)40)29(17-30(38)35-19-24-11-5-4-10-23(24)16-26(35)20-37)41-33(21)27-13-6-7-14-28(27)36(32(33)39)18-22-9-8-12-25(34)15-22/h4-15,21,26,29,31,37,40H,16-20H2,1-3H3/t21-,26+,29+,31-,33+/m1/s1. The number of aliphatic hydroxyl groups excluding tert-OH is 1. The average Bonchev–Trinajstić information content (AvgIpc) is 3.38. The molecule has 0 unspecified atom stereocenters. The van der Waals surface area contributed by atoms with Gasteiger partial charge in [-0.2, -0.15) is 0 Å². The number of carbonyl (C=O) groups is 2. The summed E-state index contributed by atoms with van der Waals surface area (Å²) in [6, 6.07) is 23.6. The van der Waals surface area contributed by atoms with Gasteiger partial charge in [-0.3, -0.25) is 9.59 Å². The van der Waals surface area contributed by atoms with Crippen LogP contribution in [0.1, 0.15) is 35.6 Å². The van der Waals surface area contributed by atoms with Crippen molar-refractivity contribution in [2.45, 2.75) is 69.2 Å². The highest BCUT2D eigenvalue weighted by molar-refractivity contribution is 14.1. The van der Waals surface area contributed by atoms with Crippen LogP contribution in [0.4, 0.5) is 5.69 Å². The molecule has 1 fully saturated rings.